The van der Waals surface area contributed by atoms with Gasteiger partial charge in [0.2, 0.25) is 5.91 Å². The topological polar surface area (TPSA) is 122 Å². The number of benzene rings is 1. The summed E-state index contributed by atoms with van der Waals surface area (Å²) >= 11 is 12.8. The molecule has 3 aromatic rings. The Balaban J connectivity index is 1.63. The molecule has 0 spiro atoms. The molecule has 4 rings (SSSR count). The van der Waals surface area contributed by atoms with Gasteiger partial charge in [-0.05, 0) is 44.0 Å². The maximum Gasteiger partial charge on any atom is 0.305 e. The molecule has 2 amide bonds. The standard InChI is InChI=1S/C24H22Cl2N4O5/c1-2-29(9-7-19(31)32)23(34)14-11-16(25)20(17(26)12-14)24(35)30-10-6-15-18(30)5-8-27-21(15)28-22(33)13-3-4-13/h5-6,8,10-13H,2-4,7,9H2,1H3,(H,31,32)(H,27,28,33). The minimum absolute atomic E-state index is 0.00220. The quantitative estimate of drug-likeness (QED) is 0.459. The summed E-state index contributed by atoms with van der Waals surface area (Å²) in [4.78, 5) is 54.9. The van der Waals surface area contributed by atoms with Crippen LogP contribution in [0.3, 0.4) is 0 Å². The van der Waals surface area contributed by atoms with E-state index in [1.165, 1.54) is 34.0 Å². The lowest BCUT2D eigenvalue weighted by Crippen LogP contribution is -2.33. The van der Waals surface area contributed by atoms with Crippen molar-refractivity contribution in [3.8, 4) is 0 Å². The van der Waals surface area contributed by atoms with Gasteiger partial charge in [-0.25, -0.2) is 4.98 Å². The van der Waals surface area contributed by atoms with Gasteiger partial charge in [-0.1, -0.05) is 23.2 Å². The van der Waals surface area contributed by atoms with Gasteiger partial charge in [0.05, 0.1) is 27.5 Å². The number of nitrogens with one attached hydrogen (secondary N) is 1. The molecule has 0 atom stereocenters. The SMILES string of the molecule is CCN(CCC(=O)O)C(=O)c1cc(Cl)c(C(=O)n2ccc3c(NC(=O)C4CC4)nccc32)c(Cl)c1. The van der Waals surface area contributed by atoms with E-state index in [1.54, 1.807) is 19.1 Å². The van der Waals surface area contributed by atoms with Crippen molar-refractivity contribution in [2.75, 3.05) is 18.4 Å². The first-order valence-corrected chi connectivity index (χ1v) is 11.8. The number of carbonyl (C=O) groups excluding carboxylic acids is 3. The Morgan fingerprint density at radius 2 is 1.86 bits per heavy atom. The number of aliphatic carboxylic acids is 1. The molecule has 2 aromatic heterocycles. The van der Waals surface area contributed by atoms with Gasteiger partial charge in [0.1, 0.15) is 5.82 Å². The van der Waals surface area contributed by atoms with Crippen molar-refractivity contribution in [1.29, 1.82) is 0 Å². The van der Waals surface area contributed by atoms with Crippen molar-refractivity contribution in [2.45, 2.75) is 26.2 Å². The van der Waals surface area contributed by atoms with Crippen LogP contribution in [0.2, 0.25) is 10.0 Å². The summed E-state index contributed by atoms with van der Waals surface area (Å²) < 4.78 is 1.35. The Morgan fingerprint density at radius 1 is 1.17 bits per heavy atom. The molecule has 0 unspecified atom stereocenters. The third kappa shape index (κ3) is 5.16. The predicted octanol–water partition coefficient (Wildman–Crippen LogP) is 4.32. The number of carbonyl (C=O) groups is 4. The number of halogens is 2. The van der Waals surface area contributed by atoms with Gasteiger partial charge in [-0.15, -0.1) is 0 Å². The molecule has 182 valence electrons. The third-order valence-electron chi connectivity index (χ3n) is 5.79. The molecule has 1 fully saturated rings. The smallest absolute Gasteiger partial charge is 0.305 e. The molecule has 0 bridgehead atoms. The van der Waals surface area contributed by atoms with Crippen LogP contribution < -0.4 is 5.32 Å². The Kier molecular flexibility index (Phi) is 7.09. The minimum Gasteiger partial charge on any atom is -0.481 e. The van der Waals surface area contributed by atoms with Crippen molar-refractivity contribution in [2.24, 2.45) is 5.92 Å². The lowest BCUT2D eigenvalue weighted by Gasteiger charge is -2.20. The minimum atomic E-state index is -1.02. The molecular formula is C24H22Cl2N4O5. The number of anilines is 1. The van der Waals surface area contributed by atoms with Gasteiger partial charge in [0.25, 0.3) is 11.8 Å². The van der Waals surface area contributed by atoms with Gasteiger partial charge in [0, 0.05) is 42.4 Å². The number of rotatable bonds is 8. The van der Waals surface area contributed by atoms with E-state index in [2.05, 4.69) is 10.3 Å². The van der Waals surface area contributed by atoms with Crippen LogP contribution in [0, 0.1) is 5.92 Å². The largest absolute Gasteiger partial charge is 0.481 e. The Labute approximate surface area is 210 Å². The van der Waals surface area contributed by atoms with E-state index in [0.29, 0.717) is 23.3 Å². The summed E-state index contributed by atoms with van der Waals surface area (Å²) in [6.45, 7) is 2.06. The zero-order valence-electron chi connectivity index (χ0n) is 18.8. The summed E-state index contributed by atoms with van der Waals surface area (Å²) in [7, 11) is 0. The number of carboxylic acid groups (broad SMARTS) is 1. The highest BCUT2D eigenvalue weighted by Crippen LogP contribution is 2.33. The predicted molar refractivity (Wildman–Crippen MR) is 131 cm³/mol. The van der Waals surface area contributed by atoms with Crippen LogP contribution in [0.15, 0.2) is 36.7 Å². The van der Waals surface area contributed by atoms with E-state index in [0.717, 1.165) is 12.8 Å². The van der Waals surface area contributed by atoms with Crippen molar-refractivity contribution in [3.05, 3.63) is 57.8 Å². The maximum atomic E-state index is 13.4. The molecule has 1 aliphatic rings. The van der Waals surface area contributed by atoms with E-state index < -0.39 is 17.8 Å². The number of amides is 2. The third-order valence-corrected chi connectivity index (χ3v) is 6.39. The summed E-state index contributed by atoms with van der Waals surface area (Å²) in [5.41, 5.74) is 0.668. The molecule has 0 saturated heterocycles. The number of fused-ring (bicyclic) bond motifs is 1. The van der Waals surface area contributed by atoms with Crippen molar-refractivity contribution in [1.82, 2.24) is 14.5 Å². The monoisotopic (exact) mass is 516 g/mol. The highest BCUT2D eigenvalue weighted by atomic mass is 35.5. The maximum absolute atomic E-state index is 13.4. The molecule has 11 heteroatoms. The molecule has 35 heavy (non-hydrogen) atoms. The molecule has 1 aromatic carbocycles. The van der Waals surface area contributed by atoms with E-state index >= 15 is 0 Å². The number of pyridine rings is 1. The first-order valence-electron chi connectivity index (χ1n) is 11.0. The van der Waals surface area contributed by atoms with Crippen LogP contribution in [-0.2, 0) is 9.59 Å². The normalized spacial score (nSPS) is 13.0. The second kappa shape index (κ2) is 10.1. The number of hydrogen-bond acceptors (Lipinski definition) is 5. The van der Waals surface area contributed by atoms with E-state index in [4.69, 9.17) is 28.3 Å². The van der Waals surface area contributed by atoms with Gasteiger partial charge in [-0.3, -0.25) is 23.7 Å². The molecule has 0 radical (unpaired) electrons. The lowest BCUT2D eigenvalue weighted by molar-refractivity contribution is -0.137. The van der Waals surface area contributed by atoms with Crippen LogP contribution in [-0.4, -0.2) is 56.3 Å². The first kappa shape index (κ1) is 24.7. The van der Waals surface area contributed by atoms with Crippen LogP contribution in [0.1, 0.15) is 46.9 Å². The highest BCUT2D eigenvalue weighted by molar-refractivity contribution is 6.40. The van der Waals surface area contributed by atoms with Crippen molar-refractivity contribution < 1.29 is 24.3 Å². The Bertz CT molecular complexity index is 1330. The van der Waals surface area contributed by atoms with Crippen LogP contribution >= 0.6 is 23.2 Å². The first-order chi connectivity index (χ1) is 16.7. The highest BCUT2D eigenvalue weighted by Gasteiger charge is 2.30. The summed E-state index contributed by atoms with van der Waals surface area (Å²) in [5, 5.41) is 12.3. The fourth-order valence-corrected chi connectivity index (χ4v) is 4.39. The second-order valence-electron chi connectivity index (χ2n) is 8.19. The molecule has 2 N–H and O–H groups in total. The molecule has 1 aliphatic carbocycles. The lowest BCUT2D eigenvalue weighted by atomic mass is 10.1. The van der Waals surface area contributed by atoms with Gasteiger partial charge < -0.3 is 15.3 Å². The fraction of sp³-hybridized carbons (Fsp3) is 0.292. The average Bonchev–Trinajstić information content (AvgIpc) is 3.57. The zero-order valence-corrected chi connectivity index (χ0v) is 20.3. The van der Waals surface area contributed by atoms with Gasteiger partial charge >= 0.3 is 5.97 Å². The Hall–Kier alpha value is -3.43. The number of carboxylic acids is 1. The van der Waals surface area contributed by atoms with Gasteiger partial charge in [0.15, 0.2) is 0 Å². The van der Waals surface area contributed by atoms with Gasteiger partial charge in [-0.2, -0.15) is 0 Å². The molecule has 1 saturated carbocycles. The van der Waals surface area contributed by atoms with E-state index in [1.807, 2.05) is 0 Å². The van der Waals surface area contributed by atoms with Crippen LogP contribution in [0.5, 0.6) is 0 Å². The zero-order chi connectivity index (χ0) is 25.3. The Morgan fingerprint density at radius 3 is 2.46 bits per heavy atom. The molecule has 2 heterocycles. The van der Waals surface area contributed by atoms with Crippen LogP contribution in [0.4, 0.5) is 5.82 Å². The number of nitrogens with zero attached hydrogens (tertiary/aromatic N) is 3. The number of hydrogen-bond donors (Lipinski definition) is 2. The van der Waals surface area contributed by atoms with Crippen molar-refractivity contribution in [3.63, 3.8) is 0 Å². The van der Waals surface area contributed by atoms with Crippen LogP contribution in [0.25, 0.3) is 10.9 Å². The summed E-state index contributed by atoms with van der Waals surface area (Å²) in [6.07, 6.45) is 4.54. The number of aromatic nitrogens is 2. The van der Waals surface area contributed by atoms with Crippen molar-refractivity contribution >= 4 is 63.6 Å². The fourth-order valence-electron chi connectivity index (χ4n) is 3.75. The summed E-state index contributed by atoms with van der Waals surface area (Å²) in [5.74, 6) is -1.70. The molecular weight excluding hydrogens is 495 g/mol. The molecule has 9 nitrogen and oxygen atoms in total. The molecule has 0 aliphatic heterocycles. The van der Waals surface area contributed by atoms with E-state index in [9.17, 15) is 19.2 Å². The average molecular weight is 517 g/mol. The summed E-state index contributed by atoms with van der Waals surface area (Å²) in [6, 6.07) is 6.01. The van der Waals surface area contributed by atoms with E-state index in [-0.39, 0.29) is 46.0 Å². The second-order valence-corrected chi connectivity index (χ2v) is 9.00.